The van der Waals surface area contributed by atoms with E-state index in [-0.39, 0.29) is 11.5 Å². The summed E-state index contributed by atoms with van der Waals surface area (Å²) in [5.74, 6) is 0.0613. The number of hydrogen-bond acceptors (Lipinski definition) is 3. The Balaban J connectivity index is 1.52. The van der Waals surface area contributed by atoms with Crippen LogP contribution in [0, 0.1) is 0 Å². The van der Waals surface area contributed by atoms with Crippen LogP contribution in [-0.4, -0.2) is 53.4 Å². The lowest BCUT2D eigenvalue weighted by Gasteiger charge is -2.34. The number of allylic oxidation sites excluding steroid dienone is 3. The normalized spacial score (nSPS) is 15.6. The molecule has 1 aliphatic rings. The van der Waals surface area contributed by atoms with E-state index in [1.807, 2.05) is 17.0 Å². The number of benzene rings is 1. The summed E-state index contributed by atoms with van der Waals surface area (Å²) in [5, 5.41) is 0.878. The average Bonchev–Trinajstić information content (AvgIpc) is 2.71. The van der Waals surface area contributed by atoms with Crippen LogP contribution < -0.4 is 5.56 Å². The van der Waals surface area contributed by atoms with Crippen molar-refractivity contribution in [1.29, 1.82) is 0 Å². The SMILES string of the molecule is CC(C)=CCC/C(C)=C/CN1CCN(C(=O)c2ccc3[nH]c(=O)ccc3c2)CC1. The van der Waals surface area contributed by atoms with Gasteiger partial charge in [0.05, 0.1) is 0 Å². The van der Waals surface area contributed by atoms with Gasteiger partial charge in [0.2, 0.25) is 5.56 Å². The fraction of sp³-hybridized carbons (Fsp3) is 0.417. The second kappa shape index (κ2) is 9.70. The number of carbonyl (C=O) groups is 1. The number of carbonyl (C=O) groups excluding carboxylic acids is 1. The van der Waals surface area contributed by atoms with Crippen LogP contribution >= 0.6 is 0 Å². The van der Waals surface area contributed by atoms with Crippen LogP contribution in [0.4, 0.5) is 0 Å². The highest BCUT2D eigenvalue weighted by molar-refractivity contribution is 5.98. The third-order valence-corrected chi connectivity index (χ3v) is 5.42. The largest absolute Gasteiger partial charge is 0.336 e. The van der Waals surface area contributed by atoms with Gasteiger partial charge in [-0.15, -0.1) is 0 Å². The van der Waals surface area contributed by atoms with Crippen LogP contribution in [0.2, 0.25) is 0 Å². The zero-order chi connectivity index (χ0) is 20.8. The van der Waals surface area contributed by atoms with Gasteiger partial charge in [0, 0.05) is 49.9 Å². The Kier molecular flexibility index (Phi) is 7.04. The number of H-pyrrole nitrogens is 1. The standard InChI is InChI=1S/C24H31N3O2/c1-18(2)5-4-6-19(3)11-12-26-13-15-27(16-14-26)24(29)21-7-9-22-20(17-21)8-10-23(28)25-22/h5,7-11,17H,4,6,12-16H2,1-3H3,(H,25,28)/b19-11+. The van der Waals surface area contributed by atoms with E-state index in [0.717, 1.165) is 56.5 Å². The predicted molar refractivity (Wildman–Crippen MR) is 119 cm³/mol. The zero-order valence-electron chi connectivity index (χ0n) is 17.7. The Hall–Kier alpha value is -2.66. The number of amides is 1. The molecule has 1 aromatic carbocycles. The van der Waals surface area contributed by atoms with Gasteiger partial charge in [0.25, 0.3) is 5.91 Å². The maximum atomic E-state index is 12.9. The molecule has 1 amide bonds. The van der Waals surface area contributed by atoms with Gasteiger partial charge in [-0.3, -0.25) is 14.5 Å². The first-order valence-electron chi connectivity index (χ1n) is 10.4. The number of nitrogens with one attached hydrogen (secondary N) is 1. The Morgan fingerprint density at radius 1 is 1.03 bits per heavy atom. The van der Waals surface area contributed by atoms with Gasteiger partial charge in [0.1, 0.15) is 0 Å². The van der Waals surface area contributed by atoms with Gasteiger partial charge in [-0.25, -0.2) is 0 Å². The molecular formula is C24H31N3O2. The molecule has 5 nitrogen and oxygen atoms in total. The molecule has 1 saturated heterocycles. The van der Waals surface area contributed by atoms with E-state index in [9.17, 15) is 9.59 Å². The summed E-state index contributed by atoms with van der Waals surface area (Å²) in [6.07, 6.45) is 6.82. The third-order valence-electron chi connectivity index (χ3n) is 5.42. The number of aromatic amines is 1. The van der Waals surface area contributed by atoms with E-state index in [0.29, 0.717) is 5.56 Å². The van der Waals surface area contributed by atoms with E-state index < -0.39 is 0 Å². The fourth-order valence-electron chi connectivity index (χ4n) is 3.58. The summed E-state index contributed by atoms with van der Waals surface area (Å²) in [5.41, 5.74) is 4.10. The number of fused-ring (bicyclic) bond motifs is 1. The van der Waals surface area contributed by atoms with Crippen molar-refractivity contribution in [1.82, 2.24) is 14.8 Å². The molecule has 3 rings (SSSR count). The summed E-state index contributed by atoms with van der Waals surface area (Å²) < 4.78 is 0. The van der Waals surface area contributed by atoms with Crippen LogP contribution in [0.25, 0.3) is 10.9 Å². The van der Waals surface area contributed by atoms with Crippen molar-refractivity contribution >= 4 is 16.8 Å². The molecule has 0 unspecified atom stereocenters. The molecule has 1 aliphatic heterocycles. The first-order valence-corrected chi connectivity index (χ1v) is 10.4. The number of hydrogen-bond donors (Lipinski definition) is 1. The highest BCUT2D eigenvalue weighted by atomic mass is 16.2. The van der Waals surface area contributed by atoms with Gasteiger partial charge in [-0.1, -0.05) is 23.3 Å². The molecular weight excluding hydrogens is 362 g/mol. The fourth-order valence-corrected chi connectivity index (χ4v) is 3.58. The van der Waals surface area contributed by atoms with Gasteiger partial charge >= 0.3 is 0 Å². The van der Waals surface area contributed by atoms with Crippen LogP contribution in [0.15, 0.2) is 58.4 Å². The lowest BCUT2D eigenvalue weighted by Crippen LogP contribution is -2.48. The monoisotopic (exact) mass is 393 g/mol. The molecule has 1 aromatic heterocycles. The number of aromatic nitrogens is 1. The lowest BCUT2D eigenvalue weighted by atomic mass is 10.1. The van der Waals surface area contributed by atoms with Crippen molar-refractivity contribution in [2.24, 2.45) is 0 Å². The number of pyridine rings is 1. The van der Waals surface area contributed by atoms with E-state index >= 15 is 0 Å². The van der Waals surface area contributed by atoms with Gasteiger partial charge in [-0.05, 0) is 63.3 Å². The Labute approximate surface area is 172 Å². The molecule has 0 aliphatic carbocycles. The second-order valence-electron chi connectivity index (χ2n) is 8.09. The van der Waals surface area contributed by atoms with Crippen LogP contribution in [0.1, 0.15) is 44.0 Å². The number of nitrogens with zero attached hydrogens (tertiary/aromatic N) is 2. The summed E-state index contributed by atoms with van der Waals surface area (Å²) in [4.78, 5) is 31.4. The molecule has 29 heavy (non-hydrogen) atoms. The van der Waals surface area contributed by atoms with E-state index in [2.05, 4.69) is 42.8 Å². The quantitative estimate of drug-likeness (QED) is 0.756. The molecule has 2 aromatic rings. The minimum Gasteiger partial charge on any atom is -0.336 e. The highest BCUT2D eigenvalue weighted by Gasteiger charge is 2.21. The van der Waals surface area contributed by atoms with E-state index in [1.165, 1.54) is 17.2 Å². The van der Waals surface area contributed by atoms with E-state index in [1.54, 1.807) is 12.1 Å². The second-order valence-corrected chi connectivity index (χ2v) is 8.09. The van der Waals surface area contributed by atoms with Crippen LogP contribution in [-0.2, 0) is 0 Å². The molecule has 0 bridgehead atoms. The van der Waals surface area contributed by atoms with Crippen LogP contribution in [0.3, 0.4) is 0 Å². The Bertz CT molecular complexity index is 975. The van der Waals surface area contributed by atoms with Gasteiger partial charge in [-0.2, -0.15) is 0 Å². The first kappa shape index (κ1) is 21.1. The molecule has 1 N–H and O–H groups in total. The van der Waals surface area contributed by atoms with E-state index in [4.69, 9.17) is 0 Å². The molecule has 5 heteroatoms. The summed E-state index contributed by atoms with van der Waals surface area (Å²) in [7, 11) is 0. The molecule has 154 valence electrons. The summed E-state index contributed by atoms with van der Waals surface area (Å²) in [6.45, 7) is 10.7. The minimum atomic E-state index is -0.131. The summed E-state index contributed by atoms with van der Waals surface area (Å²) >= 11 is 0. The molecule has 0 spiro atoms. The molecule has 2 heterocycles. The average molecular weight is 394 g/mol. The van der Waals surface area contributed by atoms with Crippen molar-refractivity contribution in [3.63, 3.8) is 0 Å². The highest BCUT2D eigenvalue weighted by Crippen LogP contribution is 2.15. The van der Waals surface area contributed by atoms with Crippen molar-refractivity contribution < 1.29 is 4.79 Å². The summed E-state index contributed by atoms with van der Waals surface area (Å²) in [6, 6.07) is 8.72. The van der Waals surface area contributed by atoms with Crippen LogP contribution in [0.5, 0.6) is 0 Å². The van der Waals surface area contributed by atoms with Crippen molar-refractivity contribution in [3.05, 3.63) is 69.5 Å². The van der Waals surface area contributed by atoms with Crippen molar-refractivity contribution in [2.75, 3.05) is 32.7 Å². The Morgan fingerprint density at radius 2 is 1.79 bits per heavy atom. The number of rotatable bonds is 6. The minimum absolute atomic E-state index is 0.0613. The topological polar surface area (TPSA) is 56.4 Å². The molecule has 0 saturated carbocycles. The molecule has 0 radical (unpaired) electrons. The molecule has 0 atom stereocenters. The maximum Gasteiger partial charge on any atom is 0.253 e. The maximum absolute atomic E-state index is 12.9. The third kappa shape index (κ3) is 5.91. The number of piperazine rings is 1. The first-order chi connectivity index (χ1) is 13.9. The lowest BCUT2D eigenvalue weighted by molar-refractivity contribution is 0.0650. The van der Waals surface area contributed by atoms with Gasteiger partial charge in [0.15, 0.2) is 0 Å². The smallest absolute Gasteiger partial charge is 0.253 e. The Morgan fingerprint density at radius 3 is 2.52 bits per heavy atom. The van der Waals surface area contributed by atoms with Crippen molar-refractivity contribution in [2.45, 2.75) is 33.6 Å². The zero-order valence-corrected chi connectivity index (χ0v) is 17.7. The van der Waals surface area contributed by atoms with Gasteiger partial charge < -0.3 is 9.88 Å². The predicted octanol–water partition coefficient (Wildman–Crippen LogP) is 3.98. The van der Waals surface area contributed by atoms with Crippen molar-refractivity contribution in [3.8, 4) is 0 Å². The molecule has 1 fully saturated rings.